The summed E-state index contributed by atoms with van der Waals surface area (Å²) in [7, 11) is 0. The Bertz CT molecular complexity index is 329. The van der Waals surface area contributed by atoms with Gasteiger partial charge in [-0.15, -0.1) is 0 Å². The summed E-state index contributed by atoms with van der Waals surface area (Å²) in [5.41, 5.74) is 1.35. The Kier molecular flexibility index (Phi) is 5.63. The van der Waals surface area contributed by atoms with E-state index in [9.17, 15) is 0 Å². The van der Waals surface area contributed by atoms with Gasteiger partial charge in [0.15, 0.2) is 0 Å². The van der Waals surface area contributed by atoms with E-state index in [0.717, 1.165) is 11.0 Å². The molecule has 0 fully saturated rings. The second-order valence-electron chi connectivity index (χ2n) is 5.38. The van der Waals surface area contributed by atoms with Gasteiger partial charge in [-0.05, 0) is 45.4 Å². The highest BCUT2D eigenvalue weighted by atomic mass is 79.9. The van der Waals surface area contributed by atoms with E-state index in [2.05, 4.69) is 61.1 Å². The third-order valence-electron chi connectivity index (χ3n) is 2.37. The van der Waals surface area contributed by atoms with Gasteiger partial charge in [-0.2, -0.15) is 0 Å². The molecule has 1 atom stereocenters. The molecule has 0 aliphatic heterocycles. The minimum absolute atomic E-state index is 0.148. The van der Waals surface area contributed by atoms with Crippen molar-refractivity contribution < 1.29 is 4.74 Å². The minimum atomic E-state index is 0.148. The minimum Gasteiger partial charge on any atom is -0.373 e. The predicted octanol–water partition coefficient (Wildman–Crippen LogP) is 3.74. The van der Waals surface area contributed by atoms with Crippen LogP contribution in [0.2, 0.25) is 0 Å². The van der Waals surface area contributed by atoms with Crippen LogP contribution in [0.1, 0.15) is 33.3 Å². The SMILES string of the molecule is CC(CNC(C)(C)C)OCc1ccc(Br)cc1. The molecule has 0 saturated carbocycles. The van der Waals surface area contributed by atoms with Gasteiger partial charge in [0.05, 0.1) is 12.7 Å². The van der Waals surface area contributed by atoms with E-state index in [1.165, 1.54) is 5.56 Å². The summed E-state index contributed by atoms with van der Waals surface area (Å²) in [6.45, 7) is 10.1. The molecule has 0 spiro atoms. The Balaban J connectivity index is 2.28. The molecule has 17 heavy (non-hydrogen) atoms. The number of halogens is 1. The molecular weight excluding hydrogens is 278 g/mol. The Labute approximate surface area is 113 Å². The van der Waals surface area contributed by atoms with Crippen LogP contribution in [0.3, 0.4) is 0 Å². The smallest absolute Gasteiger partial charge is 0.0721 e. The first-order valence-electron chi connectivity index (χ1n) is 5.98. The second kappa shape index (κ2) is 6.53. The summed E-state index contributed by atoms with van der Waals surface area (Å²) in [6.07, 6.45) is 0.220. The molecule has 0 radical (unpaired) electrons. The van der Waals surface area contributed by atoms with Crippen LogP contribution in [-0.4, -0.2) is 18.2 Å². The maximum Gasteiger partial charge on any atom is 0.0721 e. The summed E-state index contributed by atoms with van der Waals surface area (Å²) in [5, 5.41) is 3.43. The maximum atomic E-state index is 5.79. The molecule has 3 heteroatoms. The lowest BCUT2D eigenvalue weighted by Crippen LogP contribution is -2.40. The first-order valence-corrected chi connectivity index (χ1v) is 6.77. The molecule has 0 aliphatic carbocycles. The van der Waals surface area contributed by atoms with Crippen molar-refractivity contribution >= 4 is 15.9 Å². The number of ether oxygens (including phenoxy) is 1. The van der Waals surface area contributed by atoms with Gasteiger partial charge in [-0.25, -0.2) is 0 Å². The van der Waals surface area contributed by atoms with Gasteiger partial charge in [-0.3, -0.25) is 0 Å². The molecule has 0 saturated heterocycles. The fourth-order valence-corrected chi connectivity index (χ4v) is 1.59. The van der Waals surface area contributed by atoms with Crippen LogP contribution in [0.15, 0.2) is 28.7 Å². The fraction of sp³-hybridized carbons (Fsp3) is 0.571. The van der Waals surface area contributed by atoms with E-state index in [1.54, 1.807) is 0 Å². The molecule has 1 aromatic rings. The molecule has 0 heterocycles. The molecule has 2 nitrogen and oxygen atoms in total. The van der Waals surface area contributed by atoms with Crippen molar-refractivity contribution in [3.8, 4) is 0 Å². The van der Waals surface area contributed by atoms with Crippen molar-refractivity contribution in [2.24, 2.45) is 0 Å². The molecule has 0 aliphatic rings. The summed E-state index contributed by atoms with van der Waals surface area (Å²) >= 11 is 3.42. The molecule has 1 rings (SSSR count). The standard InChI is InChI=1S/C14H22BrNO/c1-11(9-16-14(2,3)4)17-10-12-5-7-13(15)8-6-12/h5-8,11,16H,9-10H2,1-4H3. The van der Waals surface area contributed by atoms with Gasteiger partial charge in [0.25, 0.3) is 0 Å². The van der Waals surface area contributed by atoms with Gasteiger partial charge in [-0.1, -0.05) is 28.1 Å². The van der Waals surface area contributed by atoms with E-state index in [0.29, 0.717) is 6.61 Å². The van der Waals surface area contributed by atoms with Crippen molar-refractivity contribution in [1.29, 1.82) is 0 Å². The van der Waals surface area contributed by atoms with Crippen molar-refractivity contribution in [3.05, 3.63) is 34.3 Å². The van der Waals surface area contributed by atoms with Crippen LogP contribution in [0, 0.1) is 0 Å². The van der Waals surface area contributed by atoms with Crippen LogP contribution in [0.5, 0.6) is 0 Å². The van der Waals surface area contributed by atoms with Crippen molar-refractivity contribution in [2.45, 2.75) is 45.9 Å². The highest BCUT2D eigenvalue weighted by molar-refractivity contribution is 9.10. The quantitative estimate of drug-likeness (QED) is 0.894. The van der Waals surface area contributed by atoms with Crippen molar-refractivity contribution in [3.63, 3.8) is 0 Å². The second-order valence-corrected chi connectivity index (χ2v) is 6.29. The number of hydrogen-bond donors (Lipinski definition) is 1. The van der Waals surface area contributed by atoms with Crippen LogP contribution in [0.4, 0.5) is 0 Å². The largest absolute Gasteiger partial charge is 0.373 e. The number of benzene rings is 1. The third kappa shape index (κ3) is 6.81. The van der Waals surface area contributed by atoms with Crippen molar-refractivity contribution in [2.75, 3.05) is 6.54 Å². The molecule has 0 amide bonds. The zero-order valence-electron chi connectivity index (χ0n) is 11.1. The average Bonchev–Trinajstić information content (AvgIpc) is 2.25. The summed E-state index contributed by atoms with van der Waals surface area (Å²) in [6, 6.07) is 8.23. The van der Waals surface area contributed by atoms with Gasteiger partial charge in [0.1, 0.15) is 0 Å². The highest BCUT2D eigenvalue weighted by Crippen LogP contribution is 2.11. The van der Waals surface area contributed by atoms with Crippen LogP contribution < -0.4 is 5.32 Å². The molecule has 0 aromatic heterocycles. The normalized spacial score (nSPS) is 13.7. The number of rotatable bonds is 5. The lowest BCUT2D eigenvalue weighted by atomic mass is 10.1. The maximum absolute atomic E-state index is 5.79. The van der Waals surface area contributed by atoms with E-state index >= 15 is 0 Å². The number of hydrogen-bond acceptors (Lipinski definition) is 2. The third-order valence-corrected chi connectivity index (χ3v) is 2.90. The lowest BCUT2D eigenvalue weighted by Gasteiger charge is -2.23. The van der Waals surface area contributed by atoms with Crippen LogP contribution in [0.25, 0.3) is 0 Å². The summed E-state index contributed by atoms with van der Waals surface area (Å²) in [4.78, 5) is 0. The molecule has 96 valence electrons. The summed E-state index contributed by atoms with van der Waals surface area (Å²) in [5.74, 6) is 0. The highest BCUT2D eigenvalue weighted by Gasteiger charge is 2.11. The Morgan fingerprint density at radius 3 is 2.35 bits per heavy atom. The summed E-state index contributed by atoms with van der Waals surface area (Å²) < 4.78 is 6.89. The van der Waals surface area contributed by atoms with E-state index in [-0.39, 0.29) is 11.6 Å². The molecule has 1 N–H and O–H groups in total. The topological polar surface area (TPSA) is 21.3 Å². The first kappa shape index (κ1) is 14.7. The van der Waals surface area contributed by atoms with Gasteiger partial charge in [0.2, 0.25) is 0 Å². The zero-order chi connectivity index (χ0) is 12.9. The van der Waals surface area contributed by atoms with Gasteiger partial charge < -0.3 is 10.1 Å². The fourth-order valence-electron chi connectivity index (χ4n) is 1.33. The van der Waals surface area contributed by atoms with Gasteiger partial charge >= 0.3 is 0 Å². The molecular formula is C14H22BrNO. The Morgan fingerprint density at radius 2 is 1.82 bits per heavy atom. The predicted molar refractivity (Wildman–Crippen MR) is 76.1 cm³/mol. The molecule has 1 unspecified atom stereocenters. The van der Waals surface area contributed by atoms with E-state index < -0.39 is 0 Å². The molecule has 0 bridgehead atoms. The Hall–Kier alpha value is -0.380. The van der Waals surface area contributed by atoms with Crippen LogP contribution in [-0.2, 0) is 11.3 Å². The zero-order valence-corrected chi connectivity index (χ0v) is 12.7. The first-order chi connectivity index (χ1) is 7.87. The van der Waals surface area contributed by atoms with Crippen LogP contribution >= 0.6 is 15.9 Å². The lowest BCUT2D eigenvalue weighted by molar-refractivity contribution is 0.0492. The Morgan fingerprint density at radius 1 is 1.24 bits per heavy atom. The van der Waals surface area contributed by atoms with Gasteiger partial charge in [0, 0.05) is 16.6 Å². The molecule has 1 aromatic carbocycles. The monoisotopic (exact) mass is 299 g/mol. The van der Waals surface area contributed by atoms with E-state index in [1.807, 2.05) is 12.1 Å². The van der Waals surface area contributed by atoms with Crippen molar-refractivity contribution in [1.82, 2.24) is 5.32 Å². The number of nitrogens with one attached hydrogen (secondary N) is 1. The average molecular weight is 300 g/mol. The van der Waals surface area contributed by atoms with E-state index in [4.69, 9.17) is 4.74 Å².